The van der Waals surface area contributed by atoms with Gasteiger partial charge in [-0.3, -0.25) is 4.79 Å². The van der Waals surface area contributed by atoms with E-state index >= 15 is 0 Å². The lowest BCUT2D eigenvalue weighted by molar-refractivity contribution is -0.137. The third-order valence-electron chi connectivity index (χ3n) is 3.44. The van der Waals surface area contributed by atoms with Crippen LogP contribution in [-0.2, 0) is 16.1 Å². The summed E-state index contributed by atoms with van der Waals surface area (Å²) in [5.41, 5.74) is 1.35. The highest BCUT2D eigenvalue weighted by Gasteiger charge is 2.19. The molecule has 0 bridgehead atoms. The van der Waals surface area contributed by atoms with Crippen LogP contribution in [0.2, 0.25) is 0 Å². The monoisotopic (exact) mass is 343 g/mol. The van der Waals surface area contributed by atoms with Crippen LogP contribution >= 0.6 is 0 Å². The third kappa shape index (κ3) is 5.65. The van der Waals surface area contributed by atoms with Crippen molar-refractivity contribution in [3.8, 4) is 0 Å². The number of benzene rings is 2. The number of alkyl carbamates (subject to hydrolysis) is 1. The molecule has 7 nitrogen and oxygen atoms in total. The Balaban J connectivity index is 2.02. The highest BCUT2D eigenvalue weighted by Crippen LogP contribution is 2.18. The highest BCUT2D eigenvalue weighted by atomic mass is 16.5. The van der Waals surface area contributed by atoms with E-state index in [2.05, 4.69) is 5.32 Å². The number of carboxylic acids is 2. The minimum absolute atomic E-state index is 0.0599. The molecule has 130 valence electrons. The molecule has 1 atom stereocenters. The van der Waals surface area contributed by atoms with Crippen molar-refractivity contribution in [1.82, 2.24) is 5.32 Å². The second-order valence-corrected chi connectivity index (χ2v) is 5.28. The molecule has 0 spiro atoms. The van der Waals surface area contributed by atoms with Gasteiger partial charge in [-0.25, -0.2) is 9.59 Å². The average molecular weight is 343 g/mol. The SMILES string of the molecule is O=C(O)C[C@@H](NC(=O)OCc1ccccc1)c1ccc(C(=O)O)cc1. The van der Waals surface area contributed by atoms with Crippen LogP contribution in [0.15, 0.2) is 54.6 Å². The normalized spacial score (nSPS) is 11.4. The molecule has 2 aromatic rings. The molecule has 3 N–H and O–H groups in total. The van der Waals surface area contributed by atoms with Crippen LogP contribution in [0.4, 0.5) is 4.79 Å². The Hall–Kier alpha value is -3.35. The fraction of sp³-hybridized carbons (Fsp3) is 0.167. The van der Waals surface area contributed by atoms with Crippen LogP contribution in [0.5, 0.6) is 0 Å². The molecule has 0 aliphatic carbocycles. The molecule has 0 saturated heterocycles. The number of rotatable bonds is 7. The second-order valence-electron chi connectivity index (χ2n) is 5.28. The molecule has 0 unspecified atom stereocenters. The quantitative estimate of drug-likeness (QED) is 0.712. The van der Waals surface area contributed by atoms with E-state index in [0.29, 0.717) is 5.56 Å². The molecule has 0 radical (unpaired) electrons. The van der Waals surface area contributed by atoms with Crippen LogP contribution in [0.3, 0.4) is 0 Å². The highest BCUT2D eigenvalue weighted by molar-refractivity contribution is 5.87. The van der Waals surface area contributed by atoms with Gasteiger partial charge in [0.15, 0.2) is 0 Å². The smallest absolute Gasteiger partial charge is 0.407 e. The van der Waals surface area contributed by atoms with Crippen LogP contribution in [0.25, 0.3) is 0 Å². The van der Waals surface area contributed by atoms with E-state index in [1.807, 2.05) is 18.2 Å². The van der Waals surface area contributed by atoms with E-state index < -0.39 is 24.1 Å². The first kappa shape index (κ1) is 18.0. The van der Waals surface area contributed by atoms with Crippen molar-refractivity contribution in [3.63, 3.8) is 0 Å². The number of amides is 1. The summed E-state index contributed by atoms with van der Waals surface area (Å²) in [5.74, 6) is -2.19. The van der Waals surface area contributed by atoms with Crippen molar-refractivity contribution in [2.24, 2.45) is 0 Å². The van der Waals surface area contributed by atoms with Gasteiger partial charge in [0.05, 0.1) is 18.0 Å². The minimum Gasteiger partial charge on any atom is -0.481 e. The van der Waals surface area contributed by atoms with Crippen molar-refractivity contribution in [2.45, 2.75) is 19.1 Å². The first-order valence-corrected chi connectivity index (χ1v) is 7.48. The lowest BCUT2D eigenvalue weighted by Crippen LogP contribution is -2.30. The summed E-state index contributed by atoms with van der Waals surface area (Å²) in [4.78, 5) is 33.8. The fourth-order valence-corrected chi connectivity index (χ4v) is 2.19. The lowest BCUT2D eigenvalue weighted by Gasteiger charge is -2.17. The predicted octanol–water partition coefficient (Wildman–Crippen LogP) is 2.83. The second kappa shape index (κ2) is 8.49. The van der Waals surface area contributed by atoms with Gasteiger partial charge in [0.2, 0.25) is 0 Å². The molecule has 0 heterocycles. The molecule has 25 heavy (non-hydrogen) atoms. The number of ether oxygens (including phenoxy) is 1. The number of carbonyl (C=O) groups is 3. The van der Waals surface area contributed by atoms with Crippen LogP contribution in [0, 0.1) is 0 Å². The van der Waals surface area contributed by atoms with Crippen LogP contribution < -0.4 is 5.32 Å². The number of aliphatic carboxylic acids is 1. The molecule has 0 aromatic heterocycles. The zero-order valence-electron chi connectivity index (χ0n) is 13.2. The molecule has 0 aliphatic rings. The van der Waals surface area contributed by atoms with Crippen molar-refractivity contribution < 1.29 is 29.3 Å². The van der Waals surface area contributed by atoms with Crippen molar-refractivity contribution in [1.29, 1.82) is 0 Å². The van der Waals surface area contributed by atoms with E-state index in [4.69, 9.17) is 14.9 Å². The largest absolute Gasteiger partial charge is 0.481 e. The van der Waals surface area contributed by atoms with Gasteiger partial charge in [0, 0.05) is 0 Å². The van der Waals surface area contributed by atoms with Crippen molar-refractivity contribution in [3.05, 3.63) is 71.3 Å². The van der Waals surface area contributed by atoms with E-state index in [-0.39, 0.29) is 18.6 Å². The molecule has 1 amide bonds. The van der Waals surface area contributed by atoms with Gasteiger partial charge in [-0.1, -0.05) is 42.5 Å². The first-order valence-electron chi connectivity index (χ1n) is 7.48. The molecule has 2 rings (SSSR count). The Morgan fingerprint density at radius 1 is 0.960 bits per heavy atom. The number of nitrogens with one attached hydrogen (secondary N) is 1. The van der Waals surface area contributed by atoms with Gasteiger partial charge >= 0.3 is 18.0 Å². The van der Waals surface area contributed by atoms with Gasteiger partial charge in [-0.15, -0.1) is 0 Å². The van der Waals surface area contributed by atoms with Gasteiger partial charge in [-0.2, -0.15) is 0 Å². The Morgan fingerprint density at radius 3 is 2.16 bits per heavy atom. The molecule has 0 saturated carbocycles. The fourth-order valence-electron chi connectivity index (χ4n) is 2.19. The molecular formula is C18H17NO6. The van der Waals surface area contributed by atoms with Gasteiger partial charge in [0.25, 0.3) is 0 Å². The summed E-state index contributed by atoms with van der Waals surface area (Å²) in [7, 11) is 0. The van der Waals surface area contributed by atoms with E-state index in [1.165, 1.54) is 24.3 Å². The number of carboxylic acid groups (broad SMARTS) is 2. The Morgan fingerprint density at radius 2 is 1.60 bits per heavy atom. The summed E-state index contributed by atoms with van der Waals surface area (Å²) in [6, 6.07) is 13.9. The maximum Gasteiger partial charge on any atom is 0.407 e. The molecule has 0 fully saturated rings. The minimum atomic E-state index is -1.10. The number of hydrogen-bond donors (Lipinski definition) is 3. The molecule has 0 aliphatic heterocycles. The van der Waals surface area contributed by atoms with Crippen LogP contribution in [-0.4, -0.2) is 28.2 Å². The maximum atomic E-state index is 11.9. The predicted molar refractivity (Wildman–Crippen MR) is 88.2 cm³/mol. The summed E-state index contributed by atoms with van der Waals surface area (Å²) in [6.07, 6.45) is -1.11. The molecule has 7 heteroatoms. The Bertz CT molecular complexity index is 742. The van der Waals surface area contributed by atoms with Gasteiger partial charge in [-0.05, 0) is 23.3 Å². The topological polar surface area (TPSA) is 113 Å². The van der Waals surface area contributed by atoms with Gasteiger partial charge < -0.3 is 20.3 Å². The number of carbonyl (C=O) groups excluding carboxylic acids is 1. The summed E-state index contributed by atoms with van der Waals surface area (Å²) >= 11 is 0. The first-order chi connectivity index (χ1) is 12.0. The summed E-state index contributed by atoms with van der Waals surface area (Å²) < 4.78 is 5.09. The zero-order valence-corrected chi connectivity index (χ0v) is 13.2. The van der Waals surface area contributed by atoms with E-state index in [0.717, 1.165) is 5.56 Å². The average Bonchev–Trinajstić information content (AvgIpc) is 2.60. The third-order valence-corrected chi connectivity index (χ3v) is 3.44. The summed E-state index contributed by atoms with van der Waals surface area (Å²) in [5, 5.41) is 20.4. The van der Waals surface area contributed by atoms with Crippen molar-refractivity contribution >= 4 is 18.0 Å². The van der Waals surface area contributed by atoms with E-state index in [1.54, 1.807) is 12.1 Å². The lowest BCUT2D eigenvalue weighted by atomic mass is 10.0. The Kier molecular flexibility index (Phi) is 6.11. The Labute approximate surface area is 143 Å². The zero-order chi connectivity index (χ0) is 18.2. The molecule has 2 aromatic carbocycles. The summed E-state index contributed by atoms with van der Waals surface area (Å²) in [6.45, 7) is 0.0599. The maximum absolute atomic E-state index is 11.9. The van der Waals surface area contributed by atoms with Crippen LogP contribution in [0.1, 0.15) is 33.9 Å². The standard InChI is InChI=1S/C18H17NO6/c20-16(21)10-15(13-6-8-14(9-7-13)17(22)23)19-18(24)25-11-12-4-2-1-3-5-12/h1-9,15H,10-11H2,(H,19,24)(H,20,21)(H,22,23)/t15-/m1/s1. The van der Waals surface area contributed by atoms with Crippen molar-refractivity contribution in [2.75, 3.05) is 0 Å². The number of hydrogen-bond acceptors (Lipinski definition) is 4. The van der Waals surface area contributed by atoms with Gasteiger partial charge in [0.1, 0.15) is 6.61 Å². The van der Waals surface area contributed by atoms with E-state index in [9.17, 15) is 14.4 Å². The number of aromatic carboxylic acids is 1. The molecular weight excluding hydrogens is 326 g/mol.